The third-order valence-corrected chi connectivity index (χ3v) is 4.85. The van der Waals surface area contributed by atoms with E-state index in [0.29, 0.717) is 11.8 Å². The zero-order chi connectivity index (χ0) is 13.8. The maximum atomic E-state index is 9.83. The largest absolute Gasteiger partial charge is 0.508 e. The summed E-state index contributed by atoms with van der Waals surface area (Å²) >= 11 is 0. The van der Waals surface area contributed by atoms with Gasteiger partial charge in [-0.3, -0.25) is 4.90 Å². The van der Waals surface area contributed by atoms with Crippen LogP contribution in [0.4, 0.5) is 0 Å². The first-order chi connectivity index (χ1) is 9.84. The number of phenols is 1. The summed E-state index contributed by atoms with van der Waals surface area (Å²) in [5.74, 6) is 1.15. The van der Waals surface area contributed by atoms with Gasteiger partial charge in [-0.2, -0.15) is 0 Å². The van der Waals surface area contributed by atoms with Crippen LogP contribution in [0.3, 0.4) is 0 Å². The van der Waals surface area contributed by atoms with Crippen LogP contribution in [-0.2, 0) is 0 Å². The second-order valence-corrected chi connectivity index (χ2v) is 6.22. The van der Waals surface area contributed by atoms with Crippen LogP contribution in [0.15, 0.2) is 24.3 Å². The Kier molecular flexibility index (Phi) is 4.58. The number of nitrogens with one attached hydrogen (secondary N) is 1. The summed E-state index contributed by atoms with van der Waals surface area (Å²) in [5, 5.41) is 13.3. The van der Waals surface area contributed by atoms with Gasteiger partial charge >= 0.3 is 0 Å². The zero-order valence-electron chi connectivity index (χ0n) is 12.2. The predicted molar refractivity (Wildman–Crippen MR) is 81.9 cm³/mol. The summed E-state index contributed by atoms with van der Waals surface area (Å²) in [6.07, 6.45) is 6.80. The monoisotopic (exact) mass is 274 g/mol. The van der Waals surface area contributed by atoms with E-state index in [1.165, 1.54) is 37.7 Å². The predicted octanol–water partition coefficient (Wildman–Crippen LogP) is 2.92. The van der Waals surface area contributed by atoms with Crippen LogP contribution < -0.4 is 5.32 Å². The SMILES string of the molecule is Oc1cccc([C@@H](C2CCCCC2)N2CCNCC2)c1. The summed E-state index contributed by atoms with van der Waals surface area (Å²) in [6.45, 7) is 4.41. The van der Waals surface area contributed by atoms with E-state index in [1.54, 1.807) is 6.07 Å². The highest BCUT2D eigenvalue weighted by molar-refractivity contribution is 5.30. The van der Waals surface area contributed by atoms with Crippen molar-refractivity contribution in [2.24, 2.45) is 5.92 Å². The molecule has 2 fully saturated rings. The number of nitrogens with zero attached hydrogens (tertiary/aromatic N) is 1. The quantitative estimate of drug-likeness (QED) is 0.889. The van der Waals surface area contributed by atoms with Crippen molar-refractivity contribution in [2.45, 2.75) is 38.1 Å². The van der Waals surface area contributed by atoms with E-state index in [1.807, 2.05) is 12.1 Å². The number of rotatable bonds is 3. The van der Waals surface area contributed by atoms with Crippen molar-refractivity contribution in [2.75, 3.05) is 26.2 Å². The molecule has 1 aliphatic carbocycles. The van der Waals surface area contributed by atoms with Gasteiger partial charge in [0, 0.05) is 32.2 Å². The lowest BCUT2D eigenvalue weighted by Crippen LogP contribution is -2.47. The summed E-state index contributed by atoms with van der Waals surface area (Å²) in [5.41, 5.74) is 1.30. The molecule has 1 aromatic rings. The molecule has 1 saturated carbocycles. The Hall–Kier alpha value is -1.06. The summed E-state index contributed by atoms with van der Waals surface area (Å²) < 4.78 is 0. The Morgan fingerprint density at radius 2 is 1.85 bits per heavy atom. The normalized spacial score (nSPS) is 23.6. The third-order valence-electron chi connectivity index (χ3n) is 4.85. The molecule has 0 spiro atoms. The average molecular weight is 274 g/mol. The van der Waals surface area contributed by atoms with Crippen molar-refractivity contribution in [3.8, 4) is 5.75 Å². The summed E-state index contributed by atoms with van der Waals surface area (Å²) in [7, 11) is 0. The lowest BCUT2D eigenvalue weighted by atomic mass is 9.80. The number of aromatic hydroxyl groups is 1. The number of hydrogen-bond donors (Lipinski definition) is 2. The topological polar surface area (TPSA) is 35.5 Å². The Balaban J connectivity index is 1.85. The summed E-state index contributed by atoms with van der Waals surface area (Å²) in [6, 6.07) is 8.43. The fraction of sp³-hybridized carbons (Fsp3) is 0.647. The summed E-state index contributed by atoms with van der Waals surface area (Å²) in [4.78, 5) is 2.63. The van der Waals surface area contributed by atoms with Crippen LogP contribution in [-0.4, -0.2) is 36.2 Å². The minimum absolute atomic E-state index is 0.401. The molecule has 2 N–H and O–H groups in total. The van der Waals surface area contributed by atoms with E-state index >= 15 is 0 Å². The van der Waals surface area contributed by atoms with Crippen molar-refractivity contribution in [3.05, 3.63) is 29.8 Å². The van der Waals surface area contributed by atoms with Gasteiger partial charge in [0.05, 0.1) is 0 Å². The molecule has 3 rings (SSSR count). The molecule has 2 aliphatic rings. The zero-order valence-corrected chi connectivity index (χ0v) is 12.2. The van der Waals surface area contributed by atoms with Gasteiger partial charge < -0.3 is 10.4 Å². The Labute approximate surface area is 122 Å². The van der Waals surface area contributed by atoms with Gasteiger partial charge in [0.15, 0.2) is 0 Å². The van der Waals surface area contributed by atoms with Crippen LogP contribution in [0.25, 0.3) is 0 Å². The molecule has 3 nitrogen and oxygen atoms in total. The van der Waals surface area contributed by atoms with Crippen molar-refractivity contribution in [1.29, 1.82) is 0 Å². The van der Waals surface area contributed by atoms with E-state index < -0.39 is 0 Å². The molecule has 0 radical (unpaired) electrons. The molecule has 20 heavy (non-hydrogen) atoms. The van der Waals surface area contributed by atoms with Crippen LogP contribution >= 0.6 is 0 Å². The molecule has 1 saturated heterocycles. The fourth-order valence-corrected chi connectivity index (χ4v) is 3.90. The average Bonchev–Trinajstić information content (AvgIpc) is 2.50. The van der Waals surface area contributed by atoms with Crippen LogP contribution in [0.5, 0.6) is 5.75 Å². The van der Waals surface area contributed by atoms with Gasteiger partial charge in [0.1, 0.15) is 5.75 Å². The van der Waals surface area contributed by atoms with Crippen molar-refractivity contribution >= 4 is 0 Å². The van der Waals surface area contributed by atoms with Crippen LogP contribution in [0.1, 0.15) is 43.7 Å². The van der Waals surface area contributed by atoms with E-state index in [9.17, 15) is 5.11 Å². The van der Waals surface area contributed by atoms with E-state index in [-0.39, 0.29) is 0 Å². The minimum atomic E-state index is 0.401. The van der Waals surface area contributed by atoms with Crippen molar-refractivity contribution in [1.82, 2.24) is 10.2 Å². The van der Waals surface area contributed by atoms with Crippen LogP contribution in [0, 0.1) is 5.92 Å². The molecule has 110 valence electrons. The third kappa shape index (κ3) is 3.15. The van der Waals surface area contributed by atoms with E-state index in [2.05, 4.69) is 16.3 Å². The Morgan fingerprint density at radius 3 is 2.55 bits per heavy atom. The number of phenolic OH excluding ortho intramolecular Hbond substituents is 1. The van der Waals surface area contributed by atoms with Crippen LogP contribution in [0.2, 0.25) is 0 Å². The fourth-order valence-electron chi connectivity index (χ4n) is 3.90. The molecule has 1 aromatic carbocycles. The second kappa shape index (κ2) is 6.59. The molecule has 1 atom stereocenters. The number of benzene rings is 1. The Morgan fingerprint density at radius 1 is 1.10 bits per heavy atom. The highest BCUT2D eigenvalue weighted by atomic mass is 16.3. The molecule has 0 amide bonds. The number of piperazine rings is 1. The second-order valence-electron chi connectivity index (χ2n) is 6.22. The van der Waals surface area contributed by atoms with E-state index in [4.69, 9.17) is 0 Å². The highest BCUT2D eigenvalue weighted by Crippen LogP contribution is 2.39. The standard InChI is InChI=1S/C17H26N2O/c20-16-8-4-7-15(13-16)17(14-5-2-1-3-6-14)19-11-9-18-10-12-19/h4,7-8,13-14,17-18,20H,1-3,5-6,9-12H2/t17-/m1/s1. The highest BCUT2D eigenvalue weighted by Gasteiger charge is 2.30. The van der Waals surface area contributed by atoms with Crippen molar-refractivity contribution < 1.29 is 5.11 Å². The maximum absolute atomic E-state index is 9.83. The number of hydrogen-bond acceptors (Lipinski definition) is 3. The molecule has 0 unspecified atom stereocenters. The molecule has 0 aromatic heterocycles. The van der Waals surface area contributed by atoms with Gasteiger partial charge in [-0.25, -0.2) is 0 Å². The minimum Gasteiger partial charge on any atom is -0.508 e. The molecule has 1 aliphatic heterocycles. The Bertz CT molecular complexity index is 405. The molecule has 1 heterocycles. The van der Waals surface area contributed by atoms with Gasteiger partial charge in [0.25, 0.3) is 0 Å². The van der Waals surface area contributed by atoms with Crippen molar-refractivity contribution in [3.63, 3.8) is 0 Å². The first kappa shape index (κ1) is 13.9. The first-order valence-electron chi connectivity index (χ1n) is 8.08. The molecular weight excluding hydrogens is 248 g/mol. The lowest BCUT2D eigenvalue weighted by Gasteiger charge is -2.41. The lowest BCUT2D eigenvalue weighted by molar-refractivity contribution is 0.103. The van der Waals surface area contributed by atoms with Gasteiger partial charge in [-0.05, 0) is 36.5 Å². The smallest absolute Gasteiger partial charge is 0.115 e. The van der Waals surface area contributed by atoms with Gasteiger partial charge in [-0.15, -0.1) is 0 Å². The molecule has 0 bridgehead atoms. The van der Waals surface area contributed by atoms with Gasteiger partial charge in [0.2, 0.25) is 0 Å². The molecular formula is C17H26N2O. The van der Waals surface area contributed by atoms with E-state index in [0.717, 1.165) is 32.1 Å². The van der Waals surface area contributed by atoms with Gasteiger partial charge in [-0.1, -0.05) is 31.4 Å². The first-order valence-corrected chi connectivity index (χ1v) is 8.08. The maximum Gasteiger partial charge on any atom is 0.115 e. The molecule has 3 heteroatoms.